The molecule has 0 aliphatic carbocycles. The maximum atomic E-state index is 10.8. The van der Waals surface area contributed by atoms with Gasteiger partial charge < -0.3 is 4.74 Å². The van der Waals surface area contributed by atoms with Crippen LogP contribution in [0.2, 0.25) is 0 Å². The first-order valence-corrected chi connectivity index (χ1v) is 8.37. The van der Waals surface area contributed by atoms with Crippen LogP contribution in [0.3, 0.4) is 0 Å². The predicted octanol–water partition coefficient (Wildman–Crippen LogP) is 5.40. The topological polar surface area (TPSA) is 43.4 Å². The Morgan fingerprint density at radius 3 is 2.18 bits per heavy atom. The first-order chi connectivity index (χ1) is 10.5. The lowest BCUT2D eigenvalue weighted by atomic mass is 10.1. The van der Waals surface area contributed by atoms with Crippen LogP contribution in [0.15, 0.2) is 23.3 Å². The predicted molar refractivity (Wildman–Crippen MR) is 93.9 cm³/mol. The largest absolute Gasteiger partial charge is 0.466 e. The van der Waals surface area contributed by atoms with Gasteiger partial charge in [0.25, 0.3) is 0 Å². The van der Waals surface area contributed by atoms with E-state index >= 15 is 0 Å². The Morgan fingerprint density at radius 1 is 1.00 bits per heavy atom. The van der Waals surface area contributed by atoms with E-state index in [1.807, 2.05) is 13.8 Å². The second-order valence-corrected chi connectivity index (χ2v) is 5.58. The summed E-state index contributed by atoms with van der Waals surface area (Å²) >= 11 is 0. The molecule has 0 aromatic carbocycles. The number of rotatable bonds is 10. The number of hydrogen-bond donors (Lipinski definition) is 0. The molecular formula is C19H34O3. The van der Waals surface area contributed by atoms with Crippen LogP contribution >= 0.6 is 0 Å². The summed E-state index contributed by atoms with van der Waals surface area (Å²) in [5.41, 5.74) is 2.49. The van der Waals surface area contributed by atoms with Crippen LogP contribution in [0.1, 0.15) is 79.6 Å². The van der Waals surface area contributed by atoms with E-state index in [1.54, 1.807) is 6.08 Å². The molecule has 0 fully saturated rings. The molecule has 0 heterocycles. The van der Waals surface area contributed by atoms with Crippen molar-refractivity contribution in [2.75, 3.05) is 6.61 Å². The number of carbonyl (C=O) groups excluding carboxylic acids is 2. The zero-order valence-corrected chi connectivity index (χ0v) is 15.1. The molecule has 3 nitrogen and oxygen atoms in total. The van der Waals surface area contributed by atoms with Crippen LogP contribution in [0, 0.1) is 0 Å². The van der Waals surface area contributed by atoms with E-state index in [2.05, 4.69) is 26.8 Å². The third kappa shape index (κ3) is 20.9. The third-order valence-corrected chi connectivity index (χ3v) is 2.98. The molecule has 0 aromatic rings. The number of unbranched alkanes of at least 4 members (excludes halogenated alkanes) is 3. The Balaban J connectivity index is 0. The molecule has 3 heteroatoms. The molecule has 0 unspecified atom stereocenters. The molecule has 22 heavy (non-hydrogen) atoms. The van der Waals surface area contributed by atoms with Gasteiger partial charge in [-0.2, -0.15) is 0 Å². The van der Waals surface area contributed by atoms with E-state index in [0.717, 1.165) is 37.5 Å². The normalized spacial score (nSPS) is 10.3. The molecule has 0 saturated heterocycles. The minimum atomic E-state index is -0.0522. The van der Waals surface area contributed by atoms with Gasteiger partial charge in [-0.25, -0.2) is 0 Å². The third-order valence-electron chi connectivity index (χ3n) is 2.98. The molecule has 0 spiro atoms. The molecule has 0 amide bonds. The number of aldehydes is 1. The maximum absolute atomic E-state index is 10.8. The molecule has 0 aliphatic heterocycles. The molecule has 0 bridgehead atoms. The second-order valence-electron chi connectivity index (χ2n) is 5.58. The Kier molecular flexibility index (Phi) is 18.4. The van der Waals surface area contributed by atoms with Crippen molar-refractivity contribution >= 4 is 12.3 Å². The van der Waals surface area contributed by atoms with Crippen LogP contribution in [0.5, 0.6) is 0 Å². The smallest absolute Gasteiger partial charge is 0.305 e. The van der Waals surface area contributed by atoms with Crippen molar-refractivity contribution < 1.29 is 14.3 Å². The summed E-state index contributed by atoms with van der Waals surface area (Å²) in [6.07, 6.45) is 11.8. The fourth-order valence-corrected chi connectivity index (χ4v) is 1.72. The number of esters is 1. The average molecular weight is 310 g/mol. The standard InChI is InChI=1S/C10H16O.C9H18O2/c1-9(2)5-4-6-10(3)7-8-11;1-3-5-6-7-8-9(10)11-4-2/h5,7-8H,4,6H2,1-3H3;3-8H2,1-2H3/b10-7+;. The van der Waals surface area contributed by atoms with Gasteiger partial charge in [-0.3, -0.25) is 9.59 Å². The van der Waals surface area contributed by atoms with Gasteiger partial charge in [-0.15, -0.1) is 0 Å². The summed E-state index contributed by atoms with van der Waals surface area (Å²) in [5, 5.41) is 0. The maximum Gasteiger partial charge on any atom is 0.305 e. The molecule has 0 aliphatic rings. The molecule has 0 radical (unpaired) electrons. The van der Waals surface area contributed by atoms with E-state index in [9.17, 15) is 9.59 Å². The minimum absolute atomic E-state index is 0.0522. The Morgan fingerprint density at radius 2 is 1.68 bits per heavy atom. The van der Waals surface area contributed by atoms with E-state index in [1.165, 1.54) is 18.4 Å². The summed E-state index contributed by atoms with van der Waals surface area (Å²) < 4.78 is 4.78. The summed E-state index contributed by atoms with van der Waals surface area (Å²) in [6, 6.07) is 0. The molecule has 0 atom stereocenters. The van der Waals surface area contributed by atoms with E-state index in [4.69, 9.17) is 4.74 Å². The highest BCUT2D eigenvalue weighted by Crippen LogP contribution is 2.05. The highest BCUT2D eigenvalue weighted by molar-refractivity contribution is 5.69. The molecular weight excluding hydrogens is 276 g/mol. The fraction of sp³-hybridized carbons (Fsp3) is 0.684. The SMILES string of the molecule is CC(C)=CCC/C(C)=C/C=O.CCCCCCC(=O)OCC. The van der Waals surface area contributed by atoms with Crippen molar-refractivity contribution in [1.82, 2.24) is 0 Å². The lowest BCUT2D eigenvalue weighted by molar-refractivity contribution is -0.143. The van der Waals surface area contributed by atoms with Crippen LogP contribution < -0.4 is 0 Å². The van der Waals surface area contributed by atoms with E-state index in [0.29, 0.717) is 13.0 Å². The van der Waals surface area contributed by atoms with Crippen molar-refractivity contribution in [2.45, 2.75) is 79.6 Å². The zero-order valence-electron chi connectivity index (χ0n) is 15.1. The van der Waals surface area contributed by atoms with Gasteiger partial charge in [0.15, 0.2) is 0 Å². The Labute approximate surface area is 136 Å². The average Bonchev–Trinajstić information content (AvgIpc) is 2.44. The van der Waals surface area contributed by atoms with Gasteiger partial charge in [0.2, 0.25) is 0 Å². The van der Waals surface area contributed by atoms with Gasteiger partial charge in [-0.1, -0.05) is 43.4 Å². The molecule has 0 rings (SSSR count). The Bertz CT molecular complexity index is 337. The van der Waals surface area contributed by atoms with Gasteiger partial charge in [-0.05, 0) is 53.0 Å². The number of ether oxygens (including phenoxy) is 1. The Hall–Kier alpha value is -1.38. The quantitative estimate of drug-likeness (QED) is 0.178. The lowest BCUT2D eigenvalue weighted by Crippen LogP contribution is -2.02. The summed E-state index contributed by atoms with van der Waals surface area (Å²) in [5.74, 6) is -0.0522. The number of carbonyl (C=O) groups is 2. The lowest BCUT2D eigenvalue weighted by Gasteiger charge is -2.00. The van der Waals surface area contributed by atoms with Gasteiger partial charge in [0.1, 0.15) is 6.29 Å². The first-order valence-electron chi connectivity index (χ1n) is 8.37. The van der Waals surface area contributed by atoms with Crippen molar-refractivity contribution in [3.8, 4) is 0 Å². The van der Waals surface area contributed by atoms with Gasteiger partial charge in [0.05, 0.1) is 6.61 Å². The van der Waals surface area contributed by atoms with E-state index < -0.39 is 0 Å². The van der Waals surface area contributed by atoms with Gasteiger partial charge in [0, 0.05) is 6.42 Å². The van der Waals surface area contributed by atoms with Crippen LogP contribution in [0.4, 0.5) is 0 Å². The summed E-state index contributed by atoms with van der Waals surface area (Å²) in [6.45, 7) is 10.6. The van der Waals surface area contributed by atoms with Crippen molar-refractivity contribution in [1.29, 1.82) is 0 Å². The highest BCUT2D eigenvalue weighted by Gasteiger charge is 1.99. The van der Waals surface area contributed by atoms with Crippen molar-refractivity contribution in [2.24, 2.45) is 0 Å². The first kappa shape index (κ1) is 22.9. The van der Waals surface area contributed by atoms with Crippen molar-refractivity contribution in [3.05, 3.63) is 23.3 Å². The minimum Gasteiger partial charge on any atom is -0.466 e. The molecule has 0 N–H and O–H groups in total. The molecule has 0 aromatic heterocycles. The zero-order chi connectivity index (χ0) is 17.2. The van der Waals surface area contributed by atoms with Crippen molar-refractivity contribution in [3.63, 3.8) is 0 Å². The number of hydrogen-bond acceptors (Lipinski definition) is 3. The molecule has 128 valence electrons. The molecule has 0 saturated carbocycles. The monoisotopic (exact) mass is 310 g/mol. The van der Waals surface area contributed by atoms with Gasteiger partial charge >= 0.3 is 5.97 Å². The number of allylic oxidation sites excluding steroid dienone is 4. The van der Waals surface area contributed by atoms with Crippen LogP contribution in [-0.2, 0) is 14.3 Å². The van der Waals surface area contributed by atoms with Crippen LogP contribution in [-0.4, -0.2) is 18.9 Å². The fourth-order valence-electron chi connectivity index (χ4n) is 1.72. The van der Waals surface area contributed by atoms with Crippen LogP contribution in [0.25, 0.3) is 0 Å². The highest BCUT2D eigenvalue weighted by atomic mass is 16.5. The second kappa shape index (κ2) is 17.7. The summed E-state index contributed by atoms with van der Waals surface area (Å²) in [4.78, 5) is 20.8. The summed E-state index contributed by atoms with van der Waals surface area (Å²) in [7, 11) is 0. The van der Waals surface area contributed by atoms with E-state index in [-0.39, 0.29) is 5.97 Å².